The van der Waals surface area contributed by atoms with Crippen molar-refractivity contribution in [3.63, 3.8) is 0 Å². The Morgan fingerprint density at radius 3 is 2.58 bits per heavy atom. The molecule has 0 radical (unpaired) electrons. The van der Waals surface area contributed by atoms with Crippen LogP contribution >= 0.6 is 22.6 Å². The zero-order valence-corrected chi connectivity index (χ0v) is 11.8. The van der Waals surface area contributed by atoms with Crippen molar-refractivity contribution in [3.05, 3.63) is 62.3 Å². The van der Waals surface area contributed by atoms with Gasteiger partial charge in [0.15, 0.2) is 0 Å². The van der Waals surface area contributed by atoms with E-state index in [0.29, 0.717) is 20.3 Å². The highest BCUT2D eigenvalue weighted by Gasteiger charge is 2.09. The zero-order chi connectivity index (χ0) is 13.4. The first-order valence-electron chi connectivity index (χ1n) is 5.59. The first-order chi connectivity index (χ1) is 9.16. The maximum atomic E-state index is 13.7. The van der Waals surface area contributed by atoms with Crippen molar-refractivity contribution in [3.8, 4) is 11.4 Å². The van der Waals surface area contributed by atoms with Gasteiger partial charge in [0.05, 0.1) is 3.57 Å². The lowest BCUT2D eigenvalue weighted by Gasteiger charge is -2.06. The van der Waals surface area contributed by atoms with E-state index in [-0.39, 0.29) is 11.4 Å². The van der Waals surface area contributed by atoms with E-state index < -0.39 is 0 Å². The highest BCUT2D eigenvalue weighted by atomic mass is 127. The summed E-state index contributed by atoms with van der Waals surface area (Å²) in [6, 6.07) is 10.1. The minimum absolute atomic E-state index is 0.195. The molecule has 1 aromatic heterocycles. The molecule has 0 saturated heterocycles. The van der Waals surface area contributed by atoms with Crippen molar-refractivity contribution >= 4 is 33.4 Å². The van der Waals surface area contributed by atoms with Gasteiger partial charge in [-0.1, -0.05) is 24.3 Å². The van der Waals surface area contributed by atoms with Crippen LogP contribution in [0.4, 0.5) is 4.39 Å². The maximum Gasteiger partial charge on any atom is 0.264 e. The topological polar surface area (TPSA) is 45.8 Å². The number of fused-ring (bicyclic) bond motifs is 1. The molecular formula is C14H8FIN2O. The van der Waals surface area contributed by atoms with Crippen molar-refractivity contribution < 1.29 is 4.39 Å². The number of rotatable bonds is 1. The summed E-state index contributed by atoms with van der Waals surface area (Å²) in [7, 11) is 0. The van der Waals surface area contributed by atoms with E-state index in [1.165, 1.54) is 12.3 Å². The lowest BCUT2D eigenvalue weighted by molar-refractivity contribution is 0.640. The molecule has 0 aliphatic carbocycles. The van der Waals surface area contributed by atoms with Crippen molar-refractivity contribution in [1.29, 1.82) is 0 Å². The number of aromatic nitrogens is 2. The summed E-state index contributed by atoms with van der Waals surface area (Å²) in [4.78, 5) is 18.5. The fourth-order valence-corrected chi connectivity index (χ4v) is 2.26. The van der Waals surface area contributed by atoms with Crippen molar-refractivity contribution in [2.75, 3.05) is 0 Å². The van der Waals surface area contributed by atoms with E-state index in [9.17, 15) is 9.18 Å². The van der Waals surface area contributed by atoms with Crippen LogP contribution in [-0.2, 0) is 0 Å². The van der Waals surface area contributed by atoms with E-state index in [0.717, 1.165) is 5.39 Å². The summed E-state index contributed by atoms with van der Waals surface area (Å²) in [5.74, 6) is 0.161. The summed E-state index contributed by atoms with van der Waals surface area (Å²) in [6.07, 6.45) is 1.51. The lowest BCUT2D eigenvalue weighted by atomic mass is 10.0. The van der Waals surface area contributed by atoms with Gasteiger partial charge in [0.2, 0.25) is 0 Å². The molecule has 0 aliphatic heterocycles. The molecule has 0 amide bonds. The molecule has 94 valence electrons. The number of hydrogen-bond donors (Lipinski definition) is 1. The van der Waals surface area contributed by atoms with Gasteiger partial charge >= 0.3 is 0 Å². The van der Waals surface area contributed by atoms with Crippen LogP contribution in [0.1, 0.15) is 0 Å². The first kappa shape index (κ1) is 12.3. The summed E-state index contributed by atoms with van der Waals surface area (Å²) in [5, 5.41) is 1.24. The van der Waals surface area contributed by atoms with E-state index in [4.69, 9.17) is 0 Å². The smallest absolute Gasteiger partial charge is 0.264 e. The molecule has 19 heavy (non-hydrogen) atoms. The van der Waals surface area contributed by atoms with Gasteiger partial charge in [-0.05, 0) is 40.1 Å². The molecule has 3 aromatic rings. The Kier molecular flexibility index (Phi) is 3.06. The molecule has 0 bridgehead atoms. The van der Waals surface area contributed by atoms with E-state index in [1.807, 2.05) is 34.7 Å². The van der Waals surface area contributed by atoms with Crippen LogP contribution in [-0.4, -0.2) is 9.97 Å². The fourth-order valence-electron chi connectivity index (χ4n) is 1.99. The summed E-state index contributed by atoms with van der Waals surface area (Å²) < 4.78 is 14.3. The standard InChI is InChI=1S/C14H8FIN2O/c15-11-6-5-10(8-3-1-2-4-9(8)11)13-17-7-12(16)14(19)18-13/h1-7H,(H,17,18,19). The van der Waals surface area contributed by atoms with Crippen molar-refractivity contribution in [2.24, 2.45) is 0 Å². The SMILES string of the molecule is O=c1[nH]c(-c2ccc(F)c3ccccc23)ncc1I. The minimum Gasteiger partial charge on any atom is -0.306 e. The Morgan fingerprint density at radius 2 is 1.84 bits per heavy atom. The van der Waals surface area contributed by atoms with Gasteiger partial charge < -0.3 is 4.98 Å². The predicted octanol–water partition coefficient (Wildman–Crippen LogP) is 3.33. The van der Waals surface area contributed by atoms with Crippen LogP contribution in [0.25, 0.3) is 22.2 Å². The highest BCUT2D eigenvalue weighted by Crippen LogP contribution is 2.27. The van der Waals surface area contributed by atoms with Gasteiger partial charge in [-0.25, -0.2) is 9.37 Å². The summed E-state index contributed by atoms with van der Waals surface area (Å²) >= 11 is 1.92. The highest BCUT2D eigenvalue weighted by molar-refractivity contribution is 14.1. The number of halogens is 2. The van der Waals surface area contributed by atoms with Gasteiger partial charge in [0.25, 0.3) is 5.56 Å². The van der Waals surface area contributed by atoms with Crippen LogP contribution in [0.3, 0.4) is 0 Å². The van der Waals surface area contributed by atoms with Crippen LogP contribution in [0.15, 0.2) is 47.4 Å². The minimum atomic E-state index is -0.285. The second-order valence-corrected chi connectivity index (χ2v) is 5.21. The third-order valence-electron chi connectivity index (χ3n) is 2.88. The third kappa shape index (κ3) is 2.14. The van der Waals surface area contributed by atoms with Crippen molar-refractivity contribution in [1.82, 2.24) is 9.97 Å². The lowest BCUT2D eigenvalue weighted by Crippen LogP contribution is -2.11. The average molecular weight is 366 g/mol. The molecule has 0 saturated carbocycles. The van der Waals surface area contributed by atoms with Crippen LogP contribution in [0, 0.1) is 9.39 Å². The molecular weight excluding hydrogens is 358 g/mol. The molecule has 1 heterocycles. The molecule has 0 unspecified atom stereocenters. The van der Waals surface area contributed by atoms with Gasteiger partial charge in [0.1, 0.15) is 11.6 Å². The van der Waals surface area contributed by atoms with Crippen LogP contribution < -0.4 is 5.56 Å². The van der Waals surface area contributed by atoms with E-state index >= 15 is 0 Å². The molecule has 3 nitrogen and oxygen atoms in total. The third-order valence-corrected chi connectivity index (χ3v) is 3.65. The number of H-pyrrole nitrogens is 1. The summed E-state index contributed by atoms with van der Waals surface area (Å²) in [6.45, 7) is 0. The van der Waals surface area contributed by atoms with Gasteiger partial charge in [-0.2, -0.15) is 0 Å². The Morgan fingerprint density at radius 1 is 1.11 bits per heavy atom. The predicted molar refractivity (Wildman–Crippen MR) is 80.5 cm³/mol. The molecule has 1 N–H and O–H groups in total. The Balaban J connectivity index is 2.34. The van der Waals surface area contributed by atoms with Gasteiger partial charge in [0, 0.05) is 17.1 Å². The second kappa shape index (κ2) is 4.73. The monoisotopic (exact) mass is 366 g/mol. The fraction of sp³-hybridized carbons (Fsp3) is 0. The molecule has 2 aromatic carbocycles. The van der Waals surface area contributed by atoms with E-state index in [2.05, 4.69) is 9.97 Å². The molecule has 5 heteroatoms. The normalized spacial score (nSPS) is 10.8. The van der Waals surface area contributed by atoms with Gasteiger partial charge in [-0.3, -0.25) is 4.79 Å². The van der Waals surface area contributed by atoms with Gasteiger partial charge in [-0.15, -0.1) is 0 Å². The van der Waals surface area contributed by atoms with E-state index in [1.54, 1.807) is 18.2 Å². The number of aromatic amines is 1. The quantitative estimate of drug-likeness (QED) is 0.672. The number of nitrogens with zero attached hydrogens (tertiary/aromatic N) is 1. The molecule has 0 fully saturated rings. The largest absolute Gasteiger partial charge is 0.306 e. The van der Waals surface area contributed by atoms with Crippen LogP contribution in [0.2, 0.25) is 0 Å². The molecule has 0 atom stereocenters. The maximum absolute atomic E-state index is 13.7. The van der Waals surface area contributed by atoms with Crippen molar-refractivity contribution in [2.45, 2.75) is 0 Å². The number of benzene rings is 2. The molecule has 3 rings (SSSR count). The Bertz CT molecular complexity index is 829. The average Bonchev–Trinajstić information content (AvgIpc) is 2.43. The molecule has 0 spiro atoms. The Hall–Kier alpha value is -1.76. The summed E-state index contributed by atoms with van der Waals surface area (Å²) in [5.41, 5.74) is 0.518. The first-order valence-corrected chi connectivity index (χ1v) is 6.67. The molecule has 0 aliphatic rings. The van der Waals surface area contributed by atoms with Crippen LogP contribution in [0.5, 0.6) is 0 Å². The Labute approximate surface area is 121 Å². The zero-order valence-electron chi connectivity index (χ0n) is 9.65. The second-order valence-electron chi connectivity index (χ2n) is 4.05. The number of nitrogens with one attached hydrogen (secondary N) is 1. The number of hydrogen-bond acceptors (Lipinski definition) is 2.